The lowest BCUT2D eigenvalue weighted by atomic mass is 10.6. The number of rotatable bonds is 1. The fourth-order valence-electron chi connectivity index (χ4n) is 0.505. The fraction of sp³-hybridized carbons (Fsp3) is 0.333. The zero-order valence-corrected chi connectivity index (χ0v) is 4.76. The number of hydrogen-bond donors (Lipinski definition) is 0. The van der Waals surface area contributed by atoms with Gasteiger partial charge in [-0.15, -0.1) is 0 Å². The minimum absolute atomic E-state index is 0.255. The Morgan fingerprint density at radius 3 is 2.88 bits per heavy atom. The second-order valence-corrected chi connectivity index (χ2v) is 1.59. The van der Waals surface area contributed by atoms with E-state index in [1.165, 1.54) is 0 Å². The van der Waals surface area contributed by atoms with Crippen molar-refractivity contribution < 1.29 is 9.47 Å². The van der Waals surface area contributed by atoms with Crippen LogP contribution in [0.3, 0.4) is 0 Å². The van der Waals surface area contributed by atoms with Crippen LogP contribution in [0.4, 0.5) is 0 Å². The zero-order chi connectivity index (χ0) is 5.98. The van der Waals surface area contributed by atoms with Crippen molar-refractivity contribution in [2.45, 2.75) is 13.2 Å². The lowest BCUT2D eigenvalue weighted by Gasteiger charge is -2.02. The molecule has 1 rings (SSSR count). The molecule has 0 aromatic heterocycles. The van der Waals surface area contributed by atoms with E-state index in [-0.39, 0.29) is 6.29 Å². The van der Waals surface area contributed by atoms with Crippen LogP contribution in [0, 0.1) is 0 Å². The first-order valence-corrected chi connectivity index (χ1v) is 2.44. The molecule has 1 heterocycles. The molecule has 0 saturated heterocycles. The highest BCUT2D eigenvalue weighted by Crippen LogP contribution is 2.12. The van der Waals surface area contributed by atoms with E-state index in [2.05, 4.69) is 6.58 Å². The molecule has 0 N–H and O–H groups in total. The summed E-state index contributed by atoms with van der Waals surface area (Å²) in [5.74, 6) is 0.801. The van der Waals surface area contributed by atoms with Crippen LogP contribution >= 0.6 is 0 Å². The first kappa shape index (κ1) is 5.22. The molecule has 0 spiro atoms. The van der Waals surface area contributed by atoms with E-state index in [1.807, 2.05) is 6.92 Å². The maximum absolute atomic E-state index is 5.03. The Bertz CT molecular complexity index is 126. The summed E-state index contributed by atoms with van der Waals surface area (Å²) in [6.45, 7) is 5.33. The molecule has 2 heteroatoms. The average Bonchev–Trinajstić information content (AvgIpc) is 2.14. The number of hydrogen-bond acceptors (Lipinski definition) is 2. The van der Waals surface area contributed by atoms with E-state index in [4.69, 9.17) is 9.47 Å². The van der Waals surface area contributed by atoms with Crippen molar-refractivity contribution >= 4 is 0 Å². The van der Waals surface area contributed by atoms with E-state index < -0.39 is 0 Å². The van der Waals surface area contributed by atoms with Crippen molar-refractivity contribution in [2.24, 2.45) is 0 Å². The van der Waals surface area contributed by atoms with Gasteiger partial charge >= 0.3 is 0 Å². The predicted molar refractivity (Wildman–Crippen MR) is 29.9 cm³/mol. The van der Waals surface area contributed by atoms with Gasteiger partial charge in [0.25, 0.3) is 6.29 Å². The van der Waals surface area contributed by atoms with Gasteiger partial charge in [0.1, 0.15) is 12.0 Å². The van der Waals surface area contributed by atoms with Crippen molar-refractivity contribution in [3.05, 3.63) is 24.7 Å². The lowest BCUT2D eigenvalue weighted by molar-refractivity contribution is 0.0101. The fourth-order valence-corrected chi connectivity index (χ4v) is 0.505. The van der Waals surface area contributed by atoms with Gasteiger partial charge < -0.3 is 9.47 Å². The summed E-state index contributed by atoms with van der Waals surface area (Å²) in [5.41, 5.74) is 0. The highest BCUT2D eigenvalue weighted by atomic mass is 16.7. The minimum atomic E-state index is -0.255. The molecule has 1 atom stereocenters. The van der Waals surface area contributed by atoms with Gasteiger partial charge in [0.05, 0.1) is 0 Å². The second-order valence-electron chi connectivity index (χ2n) is 1.59. The van der Waals surface area contributed by atoms with Crippen molar-refractivity contribution in [3.8, 4) is 0 Å². The van der Waals surface area contributed by atoms with Crippen LogP contribution in [0.15, 0.2) is 24.7 Å². The Hall–Kier alpha value is -0.920. The maximum Gasteiger partial charge on any atom is 0.259 e. The van der Waals surface area contributed by atoms with Gasteiger partial charge in [-0.05, 0) is 13.0 Å². The molecule has 0 radical (unpaired) electrons. The summed E-state index contributed by atoms with van der Waals surface area (Å²) >= 11 is 0. The lowest BCUT2D eigenvalue weighted by Crippen LogP contribution is -2.01. The Labute approximate surface area is 48.4 Å². The van der Waals surface area contributed by atoms with Gasteiger partial charge in [0.15, 0.2) is 0 Å². The number of ether oxygens (including phenoxy) is 2. The number of allylic oxidation sites excluding steroid dienone is 1. The minimum Gasteiger partial charge on any atom is -0.455 e. The largest absolute Gasteiger partial charge is 0.455 e. The average molecular weight is 112 g/mol. The molecule has 1 unspecified atom stereocenters. The van der Waals surface area contributed by atoms with E-state index in [0.717, 1.165) is 5.76 Å². The van der Waals surface area contributed by atoms with E-state index >= 15 is 0 Å². The first-order valence-electron chi connectivity index (χ1n) is 2.44. The predicted octanol–water partition coefficient (Wildman–Crippen LogP) is 1.41. The summed E-state index contributed by atoms with van der Waals surface area (Å²) in [5, 5.41) is 0. The molecule has 0 bridgehead atoms. The van der Waals surface area contributed by atoms with Gasteiger partial charge in [-0.25, -0.2) is 0 Å². The third kappa shape index (κ3) is 0.832. The van der Waals surface area contributed by atoms with Crippen LogP contribution in [0.2, 0.25) is 0 Å². The Morgan fingerprint density at radius 2 is 2.62 bits per heavy atom. The van der Waals surface area contributed by atoms with Gasteiger partial charge in [0, 0.05) is 0 Å². The van der Waals surface area contributed by atoms with Crippen molar-refractivity contribution in [1.82, 2.24) is 0 Å². The third-order valence-electron chi connectivity index (χ3n) is 0.863. The van der Waals surface area contributed by atoms with Crippen LogP contribution in [0.5, 0.6) is 0 Å². The smallest absolute Gasteiger partial charge is 0.259 e. The molecule has 0 fully saturated rings. The highest BCUT2D eigenvalue weighted by Gasteiger charge is 2.10. The van der Waals surface area contributed by atoms with E-state index in [0.29, 0.717) is 0 Å². The maximum atomic E-state index is 5.03. The van der Waals surface area contributed by atoms with Crippen molar-refractivity contribution in [3.63, 3.8) is 0 Å². The van der Waals surface area contributed by atoms with E-state index in [1.54, 1.807) is 12.3 Å². The SMILES string of the molecule is C=CC1OC=C(C)O1. The monoisotopic (exact) mass is 112 g/mol. The highest BCUT2D eigenvalue weighted by molar-refractivity contribution is 4.92. The van der Waals surface area contributed by atoms with Gasteiger partial charge in [-0.1, -0.05) is 6.58 Å². The van der Waals surface area contributed by atoms with Crippen LogP contribution < -0.4 is 0 Å². The molecule has 1 aliphatic heterocycles. The molecule has 0 amide bonds. The summed E-state index contributed by atoms with van der Waals surface area (Å²) in [6.07, 6.45) is 2.93. The molecule has 44 valence electrons. The van der Waals surface area contributed by atoms with Crippen LogP contribution in [0.1, 0.15) is 6.92 Å². The molecule has 1 aliphatic rings. The molecular formula is C6H8O2. The first-order chi connectivity index (χ1) is 3.83. The zero-order valence-electron chi connectivity index (χ0n) is 4.76. The summed E-state index contributed by atoms with van der Waals surface area (Å²) in [6, 6.07) is 0. The van der Waals surface area contributed by atoms with E-state index in [9.17, 15) is 0 Å². The van der Waals surface area contributed by atoms with Crippen LogP contribution in [-0.4, -0.2) is 6.29 Å². The second kappa shape index (κ2) is 1.90. The van der Waals surface area contributed by atoms with Gasteiger partial charge in [-0.2, -0.15) is 0 Å². The van der Waals surface area contributed by atoms with Crippen molar-refractivity contribution in [2.75, 3.05) is 0 Å². The molecular weight excluding hydrogens is 104 g/mol. The molecule has 0 aliphatic carbocycles. The summed E-state index contributed by atoms with van der Waals surface area (Å²) in [7, 11) is 0. The normalized spacial score (nSPS) is 25.6. The molecule has 0 aromatic rings. The Morgan fingerprint density at radius 1 is 1.88 bits per heavy atom. The van der Waals surface area contributed by atoms with Gasteiger partial charge in [0.2, 0.25) is 0 Å². The third-order valence-corrected chi connectivity index (χ3v) is 0.863. The summed E-state index contributed by atoms with van der Waals surface area (Å²) < 4.78 is 9.94. The van der Waals surface area contributed by atoms with Crippen LogP contribution in [0.25, 0.3) is 0 Å². The van der Waals surface area contributed by atoms with Gasteiger partial charge in [-0.3, -0.25) is 0 Å². The summed E-state index contributed by atoms with van der Waals surface area (Å²) in [4.78, 5) is 0. The molecule has 0 saturated carbocycles. The molecule has 8 heavy (non-hydrogen) atoms. The molecule has 0 aromatic carbocycles. The van der Waals surface area contributed by atoms with Crippen LogP contribution in [-0.2, 0) is 9.47 Å². The Kier molecular flexibility index (Phi) is 1.24. The Balaban J connectivity index is 2.43. The topological polar surface area (TPSA) is 18.5 Å². The molecule has 2 nitrogen and oxygen atoms in total. The standard InChI is InChI=1S/C6H8O2/c1-3-6-7-4-5(2)8-6/h3-4,6H,1H2,2H3. The van der Waals surface area contributed by atoms with Crippen molar-refractivity contribution in [1.29, 1.82) is 0 Å². The quantitative estimate of drug-likeness (QED) is 0.477.